The number of hydrogen-bond donors (Lipinski definition) is 0. The second-order valence-corrected chi connectivity index (χ2v) is 26.4. The molecule has 2 aromatic heterocycles. The molecule has 0 spiro atoms. The molecule has 4 aromatic rings. The van der Waals surface area contributed by atoms with Gasteiger partial charge in [0.15, 0.2) is 12.6 Å². The smallest absolute Gasteiger partial charge is 0.410 e. The van der Waals surface area contributed by atoms with Crippen molar-refractivity contribution in [3.05, 3.63) is 41.7 Å². The van der Waals surface area contributed by atoms with Gasteiger partial charge < -0.3 is 28.6 Å². The largest absolute Gasteiger partial charge is 0.475 e. The first-order chi connectivity index (χ1) is 30.9. The molecule has 5 aliphatic heterocycles. The number of alkyl halides is 1. The number of carbonyl (C=O) groups is 1. The number of halogens is 2. The lowest BCUT2D eigenvalue weighted by molar-refractivity contribution is 0.00537. The van der Waals surface area contributed by atoms with Gasteiger partial charge in [0.2, 0.25) is 5.88 Å². The molecule has 0 radical (unpaired) electrons. The molecule has 3 unspecified atom stereocenters. The minimum Gasteiger partial charge on any atom is -0.475 e. The monoisotopic (exact) mass is 910 g/mol. The van der Waals surface area contributed by atoms with E-state index >= 15 is 4.39 Å². The van der Waals surface area contributed by atoms with Crippen molar-refractivity contribution in [2.24, 2.45) is 0 Å². The molecule has 5 aliphatic rings. The zero-order valence-electron chi connectivity index (χ0n) is 39.6. The number of amides is 1. The molecule has 2 bridgehead atoms. The highest BCUT2D eigenvalue weighted by atomic mass is 28.3. The number of fused-ring (bicyclic) bond motifs is 7. The standard InChI is InChI=1S/C50H64F2N6O6Si/c1-29(2)65(30(3)4,31(5)6)20-17-32-13-11-14-33-21-36(63-28-60-10)22-37(40(32)33)43-42(52)44-41-45(55-47(54-44)62-27-50-18-12-19-56(50)24-34(51)23-50)57-25-35-15-16-38(39(57)26-61-46(41)53-43)58(35)48(59)64-49(7,8)9/h11,13-14,21-22,29-31,34-35,38-39H,12,15-16,18-19,23-28H2,1-10H3/t34-,35?,38?,39?,50-/m0/s1. The molecule has 9 rings (SSSR count). The molecule has 12 nitrogen and oxygen atoms in total. The third kappa shape index (κ3) is 7.94. The Hall–Kier alpha value is -4.78. The average molecular weight is 911 g/mol. The van der Waals surface area contributed by atoms with Gasteiger partial charge in [0, 0.05) is 43.1 Å². The Morgan fingerprint density at radius 1 is 1.00 bits per heavy atom. The van der Waals surface area contributed by atoms with Crippen molar-refractivity contribution in [1.29, 1.82) is 0 Å². The second-order valence-electron chi connectivity index (χ2n) is 20.8. The molecule has 7 heterocycles. The van der Waals surface area contributed by atoms with Gasteiger partial charge in [0.05, 0.1) is 23.7 Å². The first kappa shape index (κ1) is 45.4. The number of nitrogens with zero attached hydrogens (tertiary/aromatic N) is 6. The molecule has 0 saturated carbocycles. The van der Waals surface area contributed by atoms with Crippen LogP contribution >= 0.6 is 0 Å². The Labute approximate surface area is 382 Å². The van der Waals surface area contributed by atoms with Crippen LogP contribution in [0.15, 0.2) is 30.3 Å². The van der Waals surface area contributed by atoms with E-state index in [0.717, 1.165) is 48.6 Å². The van der Waals surface area contributed by atoms with E-state index in [9.17, 15) is 9.18 Å². The molecular formula is C50H64F2N6O6Si. The van der Waals surface area contributed by atoms with Crippen LogP contribution in [0.2, 0.25) is 16.6 Å². The number of aromatic nitrogens is 3. The summed E-state index contributed by atoms with van der Waals surface area (Å²) in [6.45, 7) is 21.2. The number of pyridine rings is 1. The van der Waals surface area contributed by atoms with Crippen molar-refractivity contribution >= 4 is 41.7 Å². The molecule has 5 atom stereocenters. The maximum Gasteiger partial charge on any atom is 0.410 e. The van der Waals surface area contributed by atoms with E-state index in [4.69, 9.17) is 38.6 Å². The fourth-order valence-electron chi connectivity index (χ4n) is 12.1. The van der Waals surface area contributed by atoms with Gasteiger partial charge in [-0.3, -0.25) is 9.80 Å². The summed E-state index contributed by atoms with van der Waals surface area (Å²) >= 11 is 0. The van der Waals surface area contributed by atoms with Crippen molar-refractivity contribution < 1.29 is 37.3 Å². The van der Waals surface area contributed by atoms with Gasteiger partial charge >= 0.3 is 12.1 Å². The number of methoxy groups -OCH3 is 1. The summed E-state index contributed by atoms with van der Waals surface area (Å²) in [5, 5.41) is 1.85. The zero-order chi connectivity index (χ0) is 46.2. The summed E-state index contributed by atoms with van der Waals surface area (Å²) < 4.78 is 63.6. The van der Waals surface area contributed by atoms with Gasteiger partial charge in [-0.15, -0.1) is 5.54 Å². The van der Waals surface area contributed by atoms with Crippen molar-refractivity contribution in [3.63, 3.8) is 0 Å². The van der Waals surface area contributed by atoms with Crippen molar-refractivity contribution in [1.82, 2.24) is 24.8 Å². The minimum absolute atomic E-state index is 0.00564. The van der Waals surface area contributed by atoms with Crippen LogP contribution in [-0.2, 0) is 9.47 Å². The van der Waals surface area contributed by atoms with E-state index in [2.05, 4.69) is 62.8 Å². The van der Waals surface area contributed by atoms with Gasteiger partial charge in [-0.2, -0.15) is 9.97 Å². The first-order valence-electron chi connectivity index (χ1n) is 23.5. The number of benzene rings is 2. The highest BCUT2D eigenvalue weighted by Crippen LogP contribution is 2.48. The predicted molar refractivity (Wildman–Crippen MR) is 251 cm³/mol. The number of anilines is 1. The Kier molecular flexibility index (Phi) is 12.0. The van der Waals surface area contributed by atoms with Gasteiger partial charge in [0.1, 0.15) is 61.2 Å². The number of carbonyl (C=O) groups excluding carboxylic acids is 1. The third-order valence-electron chi connectivity index (χ3n) is 14.8. The van der Waals surface area contributed by atoms with Crippen LogP contribution in [0.4, 0.5) is 19.4 Å². The maximum atomic E-state index is 18.1. The van der Waals surface area contributed by atoms with Gasteiger partial charge in [0.25, 0.3) is 0 Å². The van der Waals surface area contributed by atoms with Crippen molar-refractivity contribution in [2.75, 3.05) is 51.7 Å². The van der Waals surface area contributed by atoms with Gasteiger partial charge in [-0.1, -0.05) is 59.6 Å². The molecule has 0 aliphatic carbocycles. The number of piperazine rings is 1. The number of hydrogen-bond acceptors (Lipinski definition) is 11. The minimum atomic E-state index is -2.17. The molecule has 4 fully saturated rings. The first-order valence-corrected chi connectivity index (χ1v) is 25.7. The number of rotatable bonds is 10. The van der Waals surface area contributed by atoms with Crippen molar-refractivity contribution in [2.45, 2.75) is 146 Å². The van der Waals surface area contributed by atoms with Crippen molar-refractivity contribution in [3.8, 4) is 40.4 Å². The maximum absolute atomic E-state index is 18.1. The van der Waals surface area contributed by atoms with E-state index in [1.807, 2.05) is 49.9 Å². The van der Waals surface area contributed by atoms with Crippen LogP contribution in [0, 0.1) is 17.3 Å². The predicted octanol–water partition coefficient (Wildman–Crippen LogP) is 9.84. The molecular weight excluding hydrogens is 847 g/mol. The lowest BCUT2D eigenvalue weighted by atomic mass is 9.95. The molecule has 15 heteroatoms. The quantitative estimate of drug-likeness (QED) is 0.0862. The van der Waals surface area contributed by atoms with Crippen LogP contribution in [-0.4, -0.2) is 121 Å². The third-order valence-corrected chi connectivity index (χ3v) is 21.1. The molecule has 65 heavy (non-hydrogen) atoms. The van der Waals surface area contributed by atoms with E-state index in [0.29, 0.717) is 58.7 Å². The van der Waals surface area contributed by atoms with Crippen LogP contribution < -0.4 is 19.1 Å². The zero-order valence-corrected chi connectivity index (χ0v) is 40.6. The molecule has 0 N–H and O–H groups in total. The Balaban J connectivity index is 1.23. The highest BCUT2D eigenvalue weighted by Gasteiger charge is 2.53. The molecule has 2 aromatic carbocycles. The summed E-state index contributed by atoms with van der Waals surface area (Å²) in [6.07, 6.45) is 2.29. The lowest BCUT2D eigenvalue weighted by Gasteiger charge is -2.46. The average Bonchev–Trinajstić information content (AvgIpc) is 3.85. The van der Waals surface area contributed by atoms with E-state index in [-0.39, 0.29) is 67.3 Å². The van der Waals surface area contributed by atoms with Crippen LogP contribution in [0.1, 0.15) is 100.0 Å². The van der Waals surface area contributed by atoms with Crippen LogP contribution in [0.25, 0.3) is 32.9 Å². The summed E-state index contributed by atoms with van der Waals surface area (Å²) in [5.74, 6) is 4.05. The molecule has 348 valence electrons. The molecule has 4 saturated heterocycles. The fraction of sp³-hybridized carbons (Fsp3) is 0.600. The fourth-order valence-corrected chi connectivity index (χ4v) is 17.3. The Morgan fingerprint density at radius 3 is 2.49 bits per heavy atom. The van der Waals surface area contributed by atoms with E-state index in [1.165, 1.54) is 0 Å². The van der Waals surface area contributed by atoms with Gasteiger partial charge in [-0.25, -0.2) is 18.6 Å². The van der Waals surface area contributed by atoms with E-state index in [1.54, 1.807) is 13.2 Å². The summed E-state index contributed by atoms with van der Waals surface area (Å²) in [6, 6.07) is 8.82. The second kappa shape index (κ2) is 17.1. The summed E-state index contributed by atoms with van der Waals surface area (Å²) in [7, 11) is -0.624. The summed E-state index contributed by atoms with van der Waals surface area (Å²) in [4.78, 5) is 34.9. The number of ether oxygens (including phenoxy) is 5. The lowest BCUT2D eigenvalue weighted by Crippen LogP contribution is -2.63. The van der Waals surface area contributed by atoms with Crippen LogP contribution in [0.3, 0.4) is 0 Å². The van der Waals surface area contributed by atoms with E-state index < -0.39 is 31.2 Å². The SMILES string of the molecule is COCOc1cc(-c2nc3c4c(nc(OC[C@@]56CCCN5C[C@@H](F)C6)nc4c2F)N2CC4CCC(C2CO3)N4C(=O)OC(C)(C)C)c2c(C#C[Si](C(C)C)(C(C)C)C(C)C)cccc2c1. The normalized spacial score (nSPS) is 24.0. The Bertz CT molecular complexity index is 2540. The summed E-state index contributed by atoms with van der Waals surface area (Å²) in [5.41, 5.74) is 5.18. The topological polar surface area (TPSA) is 112 Å². The van der Waals surface area contributed by atoms with Gasteiger partial charge in [-0.05, 0) is 93.2 Å². The molecule has 1 amide bonds. The van der Waals surface area contributed by atoms with Crippen LogP contribution in [0.5, 0.6) is 17.6 Å². The highest BCUT2D eigenvalue weighted by molar-refractivity contribution is 6.90. The Morgan fingerprint density at radius 2 is 1.77 bits per heavy atom.